The molecule has 3 nitrogen and oxygen atoms in total. The summed E-state index contributed by atoms with van der Waals surface area (Å²) in [6, 6.07) is 5.89. The monoisotopic (exact) mass is 259 g/mol. The van der Waals surface area contributed by atoms with E-state index in [0.717, 1.165) is 44.3 Å². The topological polar surface area (TPSA) is 40.5 Å². The molecule has 1 aromatic carbocycles. The van der Waals surface area contributed by atoms with Crippen LogP contribution in [0.3, 0.4) is 0 Å². The number of carbonyl (C=O) groups excluding carboxylic acids is 1. The van der Waals surface area contributed by atoms with Gasteiger partial charge >= 0.3 is 0 Å². The van der Waals surface area contributed by atoms with Crippen molar-refractivity contribution < 1.29 is 9.90 Å². The summed E-state index contributed by atoms with van der Waals surface area (Å²) in [5.41, 5.74) is 2.24. The largest absolute Gasteiger partial charge is 0.508 e. The molecule has 0 spiro atoms. The molecule has 1 N–H and O–H groups in total. The maximum atomic E-state index is 12.0. The number of benzene rings is 1. The van der Waals surface area contributed by atoms with Gasteiger partial charge in [-0.3, -0.25) is 4.79 Å². The zero-order valence-corrected chi connectivity index (χ0v) is 11.4. The normalized spacial score (nSPS) is 20.6. The van der Waals surface area contributed by atoms with Crippen LogP contribution in [0.1, 0.15) is 42.7 Å². The van der Waals surface area contributed by atoms with E-state index in [1.54, 1.807) is 6.07 Å². The van der Waals surface area contributed by atoms with Crippen LogP contribution in [0, 0.1) is 12.8 Å². The highest BCUT2D eigenvalue weighted by molar-refractivity contribution is 5.81. The fraction of sp³-hybridized carbons (Fsp3) is 0.562. The lowest BCUT2D eigenvalue weighted by Crippen LogP contribution is -2.38. The maximum Gasteiger partial charge on any atom is 0.225 e. The van der Waals surface area contributed by atoms with E-state index in [2.05, 4.69) is 6.07 Å². The van der Waals surface area contributed by atoms with Crippen LogP contribution in [0.5, 0.6) is 5.75 Å². The lowest BCUT2D eigenvalue weighted by molar-refractivity contribution is -0.133. The summed E-state index contributed by atoms with van der Waals surface area (Å²) in [4.78, 5) is 14.0. The molecule has 2 aliphatic rings. The Morgan fingerprint density at radius 2 is 1.89 bits per heavy atom. The second-order valence-electron chi connectivity index (χ2n) is 5.92. The van der Waals surface area contributed by atoms with E-state index in [4.69, 9.17) is 0 Å². The second kappa shape index (κ2) is 4.87. The van der Waals surface area contributed by atoms with Gasteiger partial charge in [0.25, 0.3) is 0 Å². The average molecular weight is 259 g/mol. The van der Waals surface area contributed by atoms with Crippen molar-refractivity contribution in [2.45, 2.75) is 38.5 Å². The Morgan fingerprint density at radius 3 is 2.47 bits per heavy atom. The molecule has 1 amide bonds. The van der Waals surface area contributed by atoms with Crippen LogP contribution in [-0.2, 0) is 4.79 Å². The van der Waals surface area contributed by atoms with Crippen molar-refractivity contribution in [1.29, 1.82) is 0 Å². The van der Waals surface area contributed by atoms with Gasteiger partial charge in [0.2, 0.25) is 5.91 Å². The van der Waals surface area contributed by atoms with Crippen LogP contribution in [0.25, 0.3) is 0 Å². The predicted octanol–water partition coefficient (Wildman–Crippen LogP) is 2.82. The molecule has 102 valence electrons. The quantitative estimate of drug-likeness (QED) is 0.887. The summed E-state index contributed by atoms with van der Waals surface area (Å²) in [5, 5.41) is 9.57. The van der Waals surface area contributed by atoms with E-state index >= 15 is 0 Å². The molecule has 1 saturated heterocycles. The highest BCUT2D eigenvalue weighted by Crippen LogP contribution is 2.35. The van der Waals surface area contributed by atoms with Crippen molar-refractivity contribution in [1.82, 2.24) is 4.90 Å². The summed E-state index contributed by atoms with van der Waals surface area (Å²) in [6.45, 7) is 3.71. The SMILES string of the molecule is Cc1cc(C2CCN(C(=O)C3CC3)CC2)ccc1O. The van der Waals surface area contributed by atoms with Gasteiger partial charge in [-0.15, -0.1) is 0 Å². The zero-order chi connectivity index (χ0) is 13.4. The summed E-state index contributed by atoms with van der Waals surface area (Å²) in [7, 11) is 0. The number of rotatable bonds is 2. The van der Waals surface area contributed by atoms with Gasteiger partial charge in [0, 0.05) is 19.0 Å². The smallest absolute Gasteiger partial charge is 0.225 e. The van der Waals surface area contributed by atoms with E-state index in [1.807, 2.05) is 17.9 Å². The number of phenolic OH excluding ortho intramolecular Hbond substituents is 1. The van der Waals surface area contributed by atoms with Crippen LogP contribution in [0.2, 0.25) is 0 Å². The molecule has 19 heavy (non-hydrogen) atoms. The molecule has 1 aliphatic carbocycles. The number of aryl methyl sites for hydroxylation is 1. The van der Waals surface area contributed by atoms with Crippen LogP contribution < -0.4 is 0 Å². The zero-order valence-electron chi connectivity index (χ0n) is 11.4. The summed E-state index contributed by atoms with van der Waals surface area (Å²) < 4.78 is 0. The molecule has 1 saturated carbocycles. The minimum atomic E-state index is 0.340. The van der Waals surface area contributed by atoms with Crippen LogP contribution in [0.4, 0.5) is 0 Å². The van der Waals surface area contributed by atoms with E-state index < -0.39 is 0 Å². The van der Waals surface area contributed by atoms with Gasteiger partial charge in [-0.2, -0.15) is 0 Å². The van der Waals surface area contributed by atoms with Crippen LogP contribution >= 0.6 is 0 Å². The van der Waals surface area contributed by atoms with Crippen molar-refractivity contribution in [2.75, 3.05) is 13.1 Å². The van der Waals surface area contributed by atoms with Gasteiger partial charge in [-0.1, -0.05) is 12.1 Å². The Kier molecular flexibility index (Phi) is 3.21. The molecule has 3 heteroatoms. The van der Waals surface area contributed by atoms with Gasteiger partial charge in [0.1, 0.15) is 5.75 Å². The lowest BCUT2D eigenvalue weighted by atomic mass is 9.88. The van der Waals surface area contributed by atoms with Gasteiger partial charge in [0.05, 0.1) is 0 Å². The standard InChI is InChI=1S/C16H21NO2/c1-11-10-14(4-5-15(11)18)12-6-8-17(9-7-12)16(19)13-2-3-13/h4-5,10,12-13,18H,2-3,6-9H2,1H3. The Morgan fingerprint density at radius 1 is 1.21 bits per heavy atom. The minimum absolute atomic E-state index is 0.340. The number of nitrogens with zero attached hydrogens (tertiary/aromatic N) is 1. The number of piperidine rings is 1. The first-order valence-corrected chi connectivity index (χ1v) is 7.23. The first-order valence-electron chi connectivity index (χ1n) is 7.23. The molecular weight excluding hydrogens is 238 g/mol. The predicted molar refractivity (Wildman–Crippen MR) is 74.1 cm³/mol. The molecule has 1 aromatic rings. The number of hydrogen-bond donors (Lipinski definition) is 1. The average Bonchev–Trinajstić information content (AvgIpc) is 3.26. The van der Waals surface area contributed by atoms with Crippen LogP contribution in [0.15, 0.2) is 18.2 Å². The van der Waals surface area contributed by atoms with E-state index in [0.29, 0.717) is 23.5 Å². The Labute approximate surface area is 114 Å². The maximum absolute atomic E-state index is 12.0. The van der Waals surface area contributed by atoms with E-state index in [1.165, 1.54) is 5.56 Å². The molecule has 0 aromatic heterocycles. The van der Waals surface area contributed by atoms with Crippen molar-refractivity contribution in [2.24, 2.45) is 5.92 Å². The van der Waals surface area contributed by atoms with Crippen molar-refractivity contribution in [3.8, 4) is 5.75 Å². The molecule has 1 aliphatic heterocycles. The van der Waals surface area contributed by atoms with Gasteiger partial charge in [-0.05, 0) is 55.7 Å². The van der Waals surface area contributed by atoms with Gasteiger partial charge in [-0.25, -0.2) is 0 Å². The first kappa shape index (κ1) is 12.5. The van der Waals surface area contributed by atoms with E-state index in [9.17, 15) is 9.90 Å². The molecule has 0 bridgehead atoms. The second-order valence-corrected chi connectivity index (χ2v) is 5.92. The fourth-order valence-corrected chi connectivity index (χ4v) is 2.95. The molecule has 3 rings (SSSR count). The summed E-state index contributed by atoms with van der Waals surface area (Å²) in [5.74, 6) is 1.61. The first-order chi connectivity index (χ1) is 9.15. The third-order valence-corrected chi connectivity index (χ3v) is 4.43. The van der Waals surface area contributed by atoms with Crippen molar-refractivity contribution >= 4 is 5.91 Å². The Balaban J connectivity index is 1.62. The number of likely N-dealkylation sites (tertiary alicyclic amines) is 1. The number of carbonyl (C=O) groups is 1. The molecule has 0 unspecified atom stereocenters. The molecule has 1 heterocycles. The number of amides is 1. The van der Waals surface area contributed by atoms with Crippen molar-refractivity contribution in [3.05, 3.63) is 29.3 Å². The Bertz CT molecular complexity index is 486. The minimum Gasteiger partial charge on any atom is -0.508 e. The molecule has 0 atom stereocenters. The highest BCUT2D eigenvalue weighted by atomic mass is 16.3. The Hall–Kier alpha value is -1.51. The van der Waals surface area contributed by atoms with Crippen molar-refractivity contribution in [3.63, 3.8) is 0 Å². The molecule has 0 radical (unpaired) electrons. The highest BCUT2D eigenvalue weighted by Gasteiger charge is 2.35. The van der Waals surface area contributed by atoms with E-state index in [-0.39, 0.29) is 0 Å². The third-order valence-electron chi connectivity index (χ3n) is 4.43. The van der Waals surface area contributed by atoms with Gasteiger partial charge < -0.3 is 10.0 Å². The number of aromatic hydroxyl groups is 1. The summed E-state index contributed by atoms with van der Waals surface area (Å²) >= 11 is 0. The van der Waals surface area contributed by atoms with Gasteiger partial charge in [0.15, 0.2) is 0 Å². The number of hydrogen-bond acceptors (Lipinski definition) is 2. The molecular formula is C16H21NO2. The summed E-state index contributed by atoms with van der Waals surface area (Å²) in [6.07, 6.45) is 4.27. The third kappa shape index (κ3) is 2.60. The van der Waals surface area contributed by atoms with Crippen LogP contribution in [-0.4, -0.2) is 29.0 Å². The number of phenols is 1. The lowest BCUT2D eigenvalue weighted by Gasteiger charge is -2.32. The fourth-order valence-electron chi connectivity index (χ4n) is 2.95. The molecule has 2 fully saturated rings.